The van der Waals surface area contributed by atoms with Crippen LogP contribution in [0.2, 0.25) is 0 Å². The molecular weight excluding hydrogens is 388 g/mol. The zero-order valence-corrected chi connectivity index (χ0v) is 16.5. The molecule has 0 atom stereocenters. The second-order valence-electron chi connectivity index (χ2n) is 7.43. The Labute approximate surface area is 173 Å². The molecule has 1 N–H and O–H groups in total. The van der Waals surface area contributed by atoms with Crippen LogP contribution in [0.4, 0.5) is 14.5 Å². The van der Waals surface area contributed by atoms with Crippen LogP contribution in [0, 0.1) is 11.6 Å². The van der Waals surface area contributed by atoms with E-state index in [0.29, 0.717) is 6.54 Å². The molecule has 1 heterocycles. The minimum absolute atomic E-state index is 0.0725. The molecule has 1 saturated carbocycles. The Hall–Kier alpha value is -3.22. The average Bonchev–Trinajstić information content (AvgIpc) is 3.22. The number of nitrogens with zero attached hydrogens (tertiary/aromatic N) is 2. The first-order chi connectivity index (χ1) is 14.6. The SMILES string of the molecule is O=C(Nc1c(F)cccc1F)c1ccn(Cc2ccccc2OC2CCCCC2)n1. The maximum Gasteiger partial charge on any atom is 0.276 e. The Morgan fingerprint density at radius 2 is 1.77 bits per heavy atom. The van der Waals surface area contributed by atoms with Gasteiger partial charge in [0.1, 0.15) is 23.1 Å². The minimum Gasteiger partial charge on any atom is -0.490 e. The fourth-order valence-corrected chi connectivity index (χ4v) is 3.65. The third-order valence-electron chi connectivity index (χ3n) is 5.23. The number of aromatic nitrogens is 2. The maximum absolute atomic E-state index is 13.8. The van der Waals surface area contributed by atoms with E-state index in [9.17, 15) is 13.6 Å². The number of carbonyl (C=O) groups is 1. The van der Waals surface area contributed by atoms with Crippen molar-refractivity contribution in [1.29, 1.82) is 0 Å². The molecule has 156 valence electrons. The predicted molar refractivity (Wildman–Crippen MR) is 110 cm³/mol. The van der Waals surface area contributed by atoms with Gasteiger partial charge in [-0.05, 0) is 49.9 Å². The van der Waals surface area contributed by atoms with E-state index in [1.54, 1.807) is 10.9 Å². The molecule has 30 heavy (non-hydrogen) atoms. The first-order valence-corrected chi connectivity index (χ1v) is 10.1. The lowest BCUT2D eigenvalue weighted by Gasteiger charge is -2.24. The van der Waals surface area contributed by atoms with Gasteiger partial charge < -0.3 is 10.1 Å². The van der Waals surface area contributed by atoms with Crippen molar-refractivity contribution in [2.45, 2.75) is 44.8 Å². The van der Waals surface area contributed by atoms with E-state index in [-0.39, 0.29) is 11.8 Å². The zero-order chi connectivity index (χ0) is 20.9. The van der Waals surface area contributed by atoms with Crippen LogP contribution >= 0.6 is 0 Å². The molecule has 1 fully saturated rings. The third kappa shape index (κ3) is 4.67. The van der Waals surface area contributed by atoms with Gasteiger partial charge in [-0.1, -0.05) is 30.7 Å². The molecule has 3 aromatic rings. The molecule has 0 radical (unpaired) electrons. The van der Waals surface area contributed by atoms with Gasteiger partial charge in [-0.3, -0.25) is 9.48 Å². The fourth-order valence-electron chi connectivity index (χ4n) is 3.65. The fraction of sp³-hybridized carbons (Fsp3) is 0.304. The van der Waals surface area contributed by atoms with E-state index in [0.717, 1.165) is 36.3 Å². The molecule has 0 saturated heterocycles. The third-order valence-corrected chi connectivity index (χ3v) is 5.23. The highest BCUT2D eigenvalue weighted by atomic mass is 19.1. The summed E-state index contributed by atoms with van der Waals surface area (Å²) in [6.45, 7) is 0.421. The summed E-state index contributed by atoms with van der Waals surface area (Å²) in [5, 5.41) is 6.50. The van der Waals surface area contributed by atoms with Crippen molar-refractivity contribution < 1.29 is 18.3 Å². The molecule has 1 aliphatic carbocycles. The van der Waals surface area contributed by atoms with Crippen LogP contribution in [0.25, 0.3) is 0 Å². The average molecular weight is 411 g/mol. The van der Waals surface area contributed by atoms with Crippen LogP contribution in [0.5, 0.6) is 5.75 Å². The number of para-hydroxylation sites is 2. The molecule has 4 rings (SSSR count). The van der Waals surface area contributed by atoms with Crippen molar-refractivity contribution in [3.63, 3.8) is 0 Å². The Bertz CT molecular complexity index is 1010. The second kappa shape index (κ2) is 9.07. The number of benzene rings is 2. The Kier molecular flexibility index (Phi) is 6.07. The van der Waals surface area contributed by atoms with E-state index in [4.69, 9.17) is 4.74 Å². The van der Waals surface area contributed by atoms with Gasteiger partial charge >= 0.3 is 0 Å². The summed E-state index contributed by atoms with van der Waals surface area (Å²) in [5.74, 6) is -1.53. The number of hydrogen-bond donors (Lipinski definition) is 1. The highest BCUT2D eigenvalue weighted by molar-refractivity contribution is 6.02. The van der Waals surface area contributed by atoms with Crippen LogP contribution in [0.1, 0.15) is 48.2 Å². The van der Waals surface area contributed by atoms with Crippen LogP contribution in [-0.2, 0) is 6.54 Å². The maximum atomic E-state index is 13.8. The van der Waals surface area contributed by atoms with Gasteiger partial charge in [0, 0.05) is 11.8 Å². The molecule has 5 nitrogen and oxygen atoms in total. The summed E-state index contributed by atoms with van der Waals surface area (Å²) in [5.41, 5.74) is 0.546. The summed E-state index contributed by atoms with van der Waals surface area (Å²) >= 11 is 0. The minimum atomic E-state index is -0.837. The number of hydrogen-bond acceptors (Lipinski definition) is 3. The zero-order valence-electron chi connectivity index (χ0n) is 16.5. The summed E-state index contributed by atoms with van der Waals surface area (Å²) in [7, 11) is 0. The van der Waals surface area contributed by atoms with Gasteiger partial charge in [-0.2, -0.15) is 5.10 Å². The van der Waals surface area contributed by atoms with E-state index >= 15 is 0 Å². The molecule has 1 aliphatic rings. The van der Waals surface area contributed by atoms with E-state index in [1.807, 2.05) is 24.3 Å². The predicted octanol–water partition coefficient (Wildman–Crippen LogP) is 5.17. The molecule has 2 aromatic carbocycles. The van der Waals surface area contributed by atoms with Crippen molar-refractivity contribution in [2.75, 3.05) is 5.32 Å². The Morgan fingerprint density at radius 1 is 1.03 bits per heavy atom. The highest BCUT2D eigenvalue weighted by Crippen LogP contribution is 2.26. The molecule has 0 aliphatic heterocycles. The van der Waals surface area contributed by atoms with E-state index < -0.39 is 23.2 Å². The van der Waals surface area contributed by atoms with Crippen LogP contribution in [0.15, 0.2) is 54.7 Å². The van der Waals surface area contributed by atoms with Gasteiger partial charge in [0.25, 0.3) is 5.91 Å². The first kappa shape index (κ1) is 20.1. The van der Waals surface area contributed by atoms with E-state index in [1.165, 1.54) is 31.4 Å². The molecule has 1 amide bonds. The number of ether oxygens (including phenoxy) is 1. The number of carbonyl (C=O) groups excluding carboxylic acids is 1. The van der Waals surface area contributed by atoms with E-state index in [2.05, 4.69) is 10.4 Å². The number of amides is 1. The summed E-state index contributed by atoms with van der Waals surface area (Å²) in [4.78, 5) is 12.4. The lowest BCUT2D eigenvalue weighted by atomic mass is 9.97. The van der Waals surface area contributed by atoms with Gasteiger partial charge in [-0.25, -0.2) is 8.78 Å². The lowest BCUT2D eigenvalue weighted by molar-refractivity contribution is 0.102. The van der Waals surface area contributed by atoms with Gasteiger partial charge in [0.05, 0.1) is 12.6 Å². The summed E-state index contributed by atoms with van der Waals surface area (Å²) < 4.78 is 35.3. The quantitative estimate of drug-likeness (QED) is 0.609. The van der Waals surface area contributed by atoms with Crippen molar-refractivity contribution in [1.82, 2.24) is 9.78 Å². The van der Waals surface area contributed by atoms with Gasteiger partial charge in [0.2, 0.25) is 0 Å². The summed E-state index contributed by atoms with van der Waals surface area (Å²) in [6.07, 6.45) is 7.65. The molecule has 1 aromatic heterocycles. The van der Waals surface area contributed by atoms with Crippen LogP contribution in [0.3, 0.4) is 0 Å². The molecule has 0 bridgehead atoms. The largest absolute Gasteiger partial charge is 0.490 e. The highest BCUT2D eigenvalue weighted by Gasteiger charge is 2.18. The second-order valence-corrected chi connectivity index (χ2v) is 7.43. The van der Waals surface area contributed by atoms with Crippen molar-refractivity contribution in [2.24, 2.45) is 0 Å². The van der Waals surface area contributed by atoms with Gasteiger partial charge in [-0.15, -0.1) is 0 Å². The Balaban J connectivity index is 1.45. The smallest absolute Gasteiger partial charge is 0.276 e. The summed E-state index contributed by atoms with van der Waals surface area (Å²) in [6, 6.07) is 12.7. The van der Waals surface area contributed by atoms with Crippen LogP contribution in [-0.4, -0.2) is 21.8 Å². The lowest BCUT2D eigenvalue weighted by Crippen LogP contribution is -2.20. The normalized spacial score (nSPS) is 14.5. The van der Waals surface area contributed by atoms with Crippen molar-refractivity contribution >= 4 is 11.6 Å². The first-order valence-electron chi connectivity index (χ1n) is 10.1. The molecular formula is C23H23F2N3O2. The standard InChI is InChI=1S/C23H23F2N3O2/c24-18-10-6-11-19(25)22(18)26-23(29)20-13-14-28(27-20)15-16-7-4-5-12-21(16)30-17-8-2-1-3-9-17/h4-7,10-14,17H,1-3,8-9,15H2,(H,26,29). The van der Waals surface area contributed by atoms with Crippen LogP contribution < -0.4 is 10.1 Å². The molecule has 7 heteroatoms. The van der Waals surface area contributed by atoms with Gasteiger partial charge in [0.15, 0.2) is 5.69 Å². The number of anilines is 1. The Morgan fingerprint density at radius 3 is 2.53 bits per heavy atom. The molecule has 0 spiro atoms. The molecule has 0 unspecified atom stereocenters. The number of rotatable bonds is 6. The monoisotopic (exact) mass is 411 g/mol. The topological polar surface area (TPSA) is 56.2 Å². The van der Waals surface area contributed by atoms with Crippen molar-refractivity contribution in [3.8, 4) is 5.75 Å². The number of halogens is 2. The number of nitrogens with one attached hydrogen (secondary N) is 1. The van der Waals surface area contributed by atoms with Crippen molar-refractivity contribution in [3.05, 3.63) is 77.6 Å².